The maximum absolute atomic E-state index is 4.49. The van der Waals surface area contributed by atoms with Gasteiger partial charge in [0.2, 0.25) is 0 Å². The zero-order valence-electron chi connectivity index (χ0n) is 11.3. The van der Waals surface area contributed by atoms with Crippen molar-refractivity contribution in [2.75, 3.05) is 0 Å². The van der Waals surface area contributed by atoms with Crippen LogP contribution in [0.3, 0.4) is 0 Å². The first kappa shape index (κ1) is 12.6. The zero-order chi connectivity index (χ0) is 13.0. The van der Waals surface area contributed by atoms with E-state index in [2.05, 4.69) is 56.1 Å². The second-order valence-corrected chi connectivity index (χ2v) is 4.38. The number of nitrogens with zero attached hydrogens (tertiary/aromatic N) is 1. The fourth-order valence-electron chi connectivity index (χ4n) is 2.34. The van der Waals surface area contributed by atoms with Crippen LogP contribution in [0.4, 0.5) is 0 Å². The number of rotatable bonds is 3. The molecule has 2 rings (SSSR count). The number of allylic oxidation sites excluding steroid dienone is 2. The maximum Gasteiger partial charge on any atom is 0.0710 e. The second-order valence-electron chi connectivity index (χ2n) is 4.38. The summed E-state index contributed by atoms with van der Waals surface area (Å²) in [5, 5.41) is 0. The van der Waals surface area contributed by atoms with Gasteiger partial charge in [0.15, 0.2) is 0 Å². The van der Waals surface area contributed by atoms with E-state index in [0.29, 0.717) is 0 Å². The van der Waals surface area contributed by atoms with Crippen molar-refractivity contribution >= 4 is 5.57 Å². The molecule has 2 aromatic rings. The Kier molecular flexibility index (Phi) is 3.93. The Balaban J connectivity index is 2.66. The number of hydrogen-bond acceptors (Lipinski definition) is 1. The highest BCUT2D eigenvalue weighted by Crippen LogP contribution is 2.31. The highest BCUT2D eigenvalue weighted by Gasteiger charge is 2.11. The van der Waals surface area contributed by atoms with E-state index in [4.69, 9.17) is 0 Å². The topological polar surface area (TPSA) is 12.9 Å². The first-order valence-corrected chi connectivity index (χ1v) is 6.44. The molecule has 1 heteroatoms. The Morgan fingerprint density at radius 1 is 1.17 bits per heavy atom. The van der Waals surface area contributed by atoms with Crippen LogP contribution in [0, 0.1) is 6.92 Å². The summed E-state index contributed by atoms with van der Waals surface area (Å²) in [6.07, 6.45) is 5.09. The van der Waals surface area contributed by atoms with Crippen LogP contribution in [0.5, 0.6) is 0 Å². The lowest BCUT2D eigenvalue weighted by molar-refractivity contribution is 1.22. The molecule has 0 atom stereocenters. The molecule has 0 aliphatic heterocycles. The molecular formula is C17H19N. The van der Waals surface area contributed by atoms with Gasteiger partial charge in [-0.3, -0.25) is 4.98 Å². The Hall–Kier alpha value is -1.89. The quantitative estimate of drug-likeness (QED) is 0.742. The highest BCUT2D eigenvalue weighted by atomic mass is 14.7. The van der Waals surface area contributed by atoms with Crippen molar-refractivity contribution in [3.63, 3.8) is 0 Å². The van der Waals surface area contributed by atoms with Crippen molar-refractivity contribution in [2.24, 2.45) is 0 Å². The monoisotopic (exact) mass is 237 g/mol. The van der Waals surface area contributed by atoms with Gasteiger partial charge < -0.3 is 0 Å². The Labute approximate surface area is 109 Å². The summed E-state index contributed by atoms with van der Waals surface area (Å²) in [6.45, 7) is 6.44. The molecule has 18 heavy (non-hydrogen) atoms. The first-order chi connectivity index (χ1) is 8.77. The van der Waals surface area contributed by atoms with Crippen LogP contribution in [0.2, 0.25) is 0 Å². The lowest BCUT2D eigenvalue weighted by Crippen LogP contribution is -1.94. The van der Waals surface area contributed by atoms with Gasteiger partial charge in [-0.25, -0.2) is 0 Å². The number of aryl methyl sites for hydroxylation is 1. The Bertz CT molecular complexity index is 553. The van der Waals surface area contributed by atoms with E-state index in [-0.39, 0.29) is 0 Å². The third-order valence-corrected chi connectivity index (χ3v) is 3.27. The van der Waals surface area contributed by atoms with Gasteiger partial charge in [0.1, 0.15) is 0 Å². The van der Waals surface area contributed by atoms with Crippen molar-refractivity contribution in [1.82, 2.24) is 4.98 Å². The highest BCUT2D eigenvalue weighted by molar-refractivity contribution is 5.81. The van der Waals surface area contributed by atoms with Crippen molar-refractivity contribution in [3.05, 3.63) is 59.8 Å². The minimum atomic E-state index is 1.04. The Morgan fingerprint density at radius 2 is 2.00 bits per heavy atom. The van der Waals surface area contributed by atoms with Gasteiger partial charge in [-0.15, -0.1) is 0 Å². The van der Waals surface area contributed by atoms with Gasteiger partial charge in [-0.05, 0) is 49.1 Å². The molecule has 1 aromatic heterocycles. The van der Waals surface area contributed by atoms with E-state index in [1.165, 1.54) is 22.3 Å². The van der Waals surface area contributed by atoms with Crippen LogP contribution in [0.15, 0.2) is 48.7 Å². The van der Waals surface area contributed by atoms with Gasteiger partial charge in [0.25, 0.3) is 0 Å². The third kappa shape index (κ3) is 2.35. The summed E-state index contributed by atoms with van der Waals surface area (Å²) in [5.74, 6) is 0. The average molecular weight is 237 g/mol. The standard InChI is InChI=1S/C17H19N/c1-4-14(5-2)15-10-8-9-13(3)17(15)16-11-6-7-12-18-16/h4,6-12H,5H2,1-3H3/b14-4+. The summed E-state index contributed by atoms with van der Waals surface area (Å²) >= 11 is 0. The summed E-state index contributed by atoms with van der Waals surface area (Å²) in [6, 6.07) is 12.5. The summed E-state index contributed by atoms with van der Waals surface area (Å²) in [7, 11) is 0. The van der Waals surface area contributed by atoms with Crippen LogP contribution in [0.1, 0.15) is 31.4 Å². The van der Waals surface area contributed by atoms with E-state index in [1.54, 1.807) is 0 Å². The Morgan fingerprint density at radius 3 is 2.61 bits per heavy atom. The minimum Gasteiger partial charge on any atom is -0.256 e. The first-order valence-electron chi connectivity index (χ1n) is 6.44. The van der Waals surface area contributed by atoms with Crippen molar-refractivity contribution in [1.29, 1.82) is 0 Å². The SMILES string of the molecule is C/C=C(\CC)c1cccc(C)c1-c1ccccn1. The van der Waals surface area contributed by atoms with E-state index in [9.17, 15) is 0 Å². The molecular weight excluding hydrogens is 218 g/mol. The van der Waals surface area contributed by atoms with E-state index in [0.717, 1.165) is 12.1 Å². The molecule has 1 aromatic carbocycles. The molecule has 1 nitrogen and oxygen atoms in total. The van der Waals surface area contributed by atoms with Crippen molar-refractivity contribution < 1.29 is 0 Å². The molecule has 0 amide bonds. The molecule has 0 spiro atoms. The van der Waals surface area contributed by atoms with Crippen LogP contribution in [-0.2, 0) is 0 Å². The molecule has 0 aliphatic rings. The number of hydrogen-bond donors (Lipinski definition) is 0. The van der Waals surface area contributed by atoms with E-state index >= 15 is 0 Å². The largest absolute Gasteiger partial charge is 0.256 e. The smallest absolute Gasteiger partial charge is 0.0710 e. The molecule has 0 bridgehead atoms. The molecule has 0 unspecified atom stereocenters. The number of pyridine rings is 1. The molecule has 1 heterocycles. The molecule has 0 fully saturated rings. The molecule has 0 saturated carbocycles. The molecule has 0 N–H and O–H groups in total. The van der Waals surface area contributed by atoms with Gasteiger partial charge in [0.05, 0.1) is 5.69 Å². The fourth-order valence-corrected chi connectivity index (χ4v) is 2.34. The van der Waals surface area contributed by atoms with Crippen LogP contribution < -0.4 is 0 Å². The molecule has 0 radical (unpaired) electrons. The van der Waals surface area contributed by atoms with Crippen LogP contribution in [-0.4, -0.2) is 4.98 Å². The summed E-state index contributed by atoms with van der Waals surface area (Å²) in [5.41, 5.74) is 6.27. The van der Waals surface area contributed by atoms with Crippen LogP contribution >= 0.6 is 0 Å². The van der Waals surface area contributed by atoms with E-state index in [1.807, 2.05) is 18.3 Å². The van der Waals surface area contributed by atoms with E-state index < -0.39 is 0 Å². The summed E-state index contributed by atoms with van der Waals surface area (Å²) in [4.78, 5) is 4.49. The lowest BCUT2D eigenvalue weighted by atomic mass is 9.92. The predicted molar refractivity (Wildman–Crippen MR) is 78.4 cm³/mol. The van der Waals surface area contributed by atoms with Crippen molar-refractivity contribution in [3.8, 4) is 11.3 Å². The normalized spacial score (nSPS) is 11.6. The average Bonchev–Trinajstić information content (AvgIpc) is 2.41. The minimum absolute atomic E-state index is 1.04. The second kappa shape index (κ2) is 5.63. The molecule has 0 saturated heterocycles. The fraction of sp³-hybridized carbons (Fsp3) is 0.235. The molecule has 92 valence electrons. The van der Waals surface area contributed by atoms with Crippen molar-refractivity contribution in [2.45, 2.75) is 27.2 Å². The number of benzene rings is 1. The van der Waals surface area contributed by atoms with Gasteiger partial charge >= 0.3 is 0 Å². The molecule has 0 aliphatic carbocycles. The van der Waals surface area contributed by atoms with Gasteiger partial charge in [-0.1, -0.05) is 37.3 Å². The number of aromatic nitrogens is 1. The maximum atomic E-state index is 4.49. The van der Waals surface area contributed by atoms with Gasteiger partial charge in [0, 0.05) is 11.8 Å². The lowest BCUT2D eigenvalue weighted by Gasteiger charge is -2.14. The zero-order valence-corrected chi connectivity index (χ0v) is 11.3. The summed E-state index contributed by atoms with van der Waals surface area (Å²) < 4.78 is 0. The van der Waals surface area contributed by atoms with Crippen LogP contribution in [0.25, 0.3) is 16.8 Å². The third-order valence-electron chi connectivity index (χ3n) is 3.27. The predicted octanol–water partition coefficient (Wildman–Crippen LogP) is 4.87. The van der Waals surface area contributed by atoms with Gasteiger partial charge in [-0.2, -0.15) is 0 Å².